The van der Waals surface area contributed by atoms with Crippen molar-refractivity contribution in [2.75, 3.05) is 18.2 Å². The third-order valence-corrected chi connectivity index (χ3v) is 6.98. The van der Waals surface area contributed by atoms with Gasteiger partial charge in [-0.2, -0.15) is 0 Å². The Morgan fingerprint density at radius 1 is 1.17 bits per heavy atom. The number of amides is 1. The smallest absolute Gasteiger partial charge is 0.230 e. The number of rotatable bonds is 7. The number of thiazole rings is 1. The van der Waals surface area contributed by atoms with Gasteiger partial charge in [0.25, 0.3) is 0 Å². The molecule has 1 N–H and O–H groups in total. The Morgan fingerprint density at radius 3 is 2.52 bits per heavy atom. The number of nitrogens with zero attached hydrogens (tertiary/aromatic N) is 1. The lowest BCUT2D eigenvalue weighted by Crippen LogP contribution is -2.14. The van der Waals surface area contributed by atoms with Crippen molar-refractivity contribution < 1.29 is 17.9 Å². The second-order valence-corrected chi connectivity index (χ2v) is 9.63. The van der Waals surface area contributed by atoms with Crippen LogP contribution in [0.25, 0.3) is 11.3 Å². The van der Waals surface area contributed by atoms with Crippen molar-refractivity contribution in [3.05, 3.63) is 59.0 Å². The zero-order valence-electron chi connectivity index (χ0n) is 16.4. The molecule has 6 nitrogen and oxygen atoms in total. The fraction of sp³-hybridized carbons (Fsp3) is 0.238. The number of hydrogen-bond acceptors (Lipinski definition) is 6. The average molecular weight is 431 g/mol. The Kier molecular flexibility index (Phi) is 6.34. The van der Waals surface area contributed by atoms with Gasteiger partial charge in [0.05, 0.1) is 29.9 Å². The zero-order valence-corrected chi connectivity index (χ0v) is 18.1. The minimum absolute atomic E-state index is 0.0485. The second kappa shape index (κ2) is 8.75. The molecule has 1 aromatic heterocycles. The number of aromatic nitrogens is 1. The third kappa shape index (κ3) is 5.02. The van der Waals surface area contributed by atoms with Crippen molar-refractivity contribution in [1.29, 1.82) is 0 Å². The van der Waals surface area contributed by atoms with Gasteiger partial charge in [-0.15, -0.1) is 11.3 Å². The van der Waals surface area contributed by atoms with Gasteiger partial charge in [-0.05, 0) is 48.4 Å². The third-order valence-electron chi connectivity index (χ3n) is 4.47. The van der Waals surface area contributed by atoms with Gasteiger partial charge in [0.2, 0.25) is 5.91 Å². The number of carbonyl (C=O) groups excluding carboxylic acids is 1. The molecule has 0 radical (unpaired) electrons. The monoisotopic (exact) mass is 430 g/mol. The number of anilines is 1. The molecule has 0 unspecified atom stereocenters. The molecule has 1 heterocycles. The van der Waals surface area contributed by atoms with E-state index >= 15 is 0 Å². The topological polar surface area (TPSA) is 85.4 Å². The highest BCUT2D eigenvalue weighted by Gasteiger charge is 2.13. The van der Waals surface area contributed by atoms with Gasteiger partial charge < -0.3 is 10.1 Å². The molecular weight excluding hydrogens is 408 g/mol. The van der Waals surface area contributed by atoms with Crippen LogP contribution >= 0.6 is 11.3 Å². The maximum atomic E-state index is 12.3. The summed E-state index contributed by atoms with van der Waals surface area (Å²) < 4.78 is 29.0. The van der Waals surface area contributed by atoms with Gasteiger partial charge in [0.1, 0.15) is 5.75 Å². The molecule has 8 heteroatoms. The number of sulfone groups is 1. The van der Waals surface area contributed by atoms with Gasteiger partial charge in [0.15, 0.2) is 15.0 Å². The largest absolute Gasteiger partial charge is 0.496 e. The van der Waals surface area contributed by atoms with E-state index in [1.807, 2.05) is 30.5 Å². The highest BCUT2D eigenvalue weighted by molar-refractivity contribution is 7.91. The predicted octanol–water partition coefficient (Wildman–Crippen LogP) is 4.10. The number of hydrogen-bond donors (Lipinski definition) is 1. The lowest BCUT2D eigenvalue weighted by atomic mass is 10.1. The van der Waals surface area contributed by atoms with E-state index in [9.17, 15) is 13.2 Å². The standard InChI is InChI=1S/C21H22N2O4S2/c1-4-29(25,26)17-8-5-15(6-9-17)12-20(24)23-21-22-18(13-28-21)16-7-10-19(27-3)14(2)11-16/h5-11,13H,4,12H2,1-3H3,(H,22,23,24). The highest BCUT2D eigenvalue weighted by atomic mass is 32.2. The van der Waals surface area contributed by atoms with Crippen LogP contribution in [-0.2, 0) is 21.1 Å². The molecule has 3 rings (SSSR count). The van der Waals surface area contributed by atoms with Crippen LogP contribution in [-0.4, -0.2) is 32.2 Å². The Labute approximate surface area is 174 Å². The number of benzene rings is 2. The molecule has 0 aliphatic rings. The number of carbonyl (C=O) groups is 1. The molecule has 0 bridgehead atoms. The first kappa shape index (κ1) is 21.0. The minimum atomic E-state index is -3.24. The Balaban J connectivity index is 1.65. The number of aryl methyl sites for hydroxylation is 1. The molecule has 0 spiro atoms. The van der Waals surface area contributed by atoms with Crippen LogP contribution < -0.4 is 10.1 Å². The molecule has 0 saturated carbocycles. The van der Waals surface area contributed by atoms with Gasteiger partial charge >= 0.3 is 0 Å². The van der Waals surface area contributed by atoms with E-state index in [2.05, 4.69) is 10.3 Å². The SMILES string of the molecule is CCS(=O)(=O)c1ccc(CC(=O)Nc2nc(-c3ccc(OC)c(C)c3)cs2)cc1. The molecule has 2 aromatic carbocycles. The Hall–Kier alpha value is -2.71. The quantitative estimate of drug-likeness (QED) is 0.610. The maximum absolute atomic E-state index is 12.3. The lowest BCUT2D eigenvalue weighted by Gasteiger charge is -2.06. The summed E-state index contributed by atoms with van der Waals surface area (Å²) in [6, 6.07) is 12.2. The molecule has 29 heavy (non-hydrogen) atoms. The van der Waals surface area contributed by atoms with E-state index in [1.54, 1.807) is 26.2 Å². The summed E-state index contributed by atoms with van der Waals surface area (Å²) in [5.74, 6) is 0.658. The summed E-state index contributed by atoms with van der Waals surface area (Å²) >= 11 is 1.35. The Bertz CT molecular complexity index is 1120. The van der Waals surface area contributed by atoms with E-state index in [0.717, 1.165) is 28.1 Å². The fourth-order valence-corrected chi connectivity index (χ4v) is 4.45. The average Bonchev–Trinajstić information content (AvgIpc) is 3.16. The van der Waals surface area contributed by atoms with Crippen LogP contribution in [0.15, 0.2) is 52.7 Å². The van der Waals surface area contributed by atoms with Crippen molar-refractivity contribution in [3.8, 4) is 17.0 Å². The zero-order chi connectivity index (χ0) is 21.0. The molecule has 0 atom stereocenters. The van der Waals surface area contributed by atoms with Crippen LogP contribution in [0.3, 0.4) is 0 Å². The van der Waals surface area contributed by atoms with Crippen LogP contribution in [0.4, 0.5) is 5.13 Å². The van der Waals surface area contributed by atoms with E-state index in [1.165, 1.54) is 23.5 Å². The van der Waals surface area contributed by atoms with Gasteiger partial charge in [0, 0.05) is 10.9 Å². The highest BCUT2D eigenvalue weighted by Crippen LogP contribution is 2.28. The molecule has 1 amide bonds. The normalized spacial score (nSPS) is 11.3. The summed E-state index contributed by atoms with van der Waals surface area (Å²) in [5.41, 5.74) is 3.48. The second-order valence-electron chi connectivity index (χ2n) is 6.49. The molecule has 152 valence electrons. The molecule has 3 aromatic rings. The summed E-state index contributed by atoms with van der Waals surface area (Å²) in [6.45, 7) is 3.57. The molecule has 0 saturated heterocycles. The first-order valence-corrected chi connectivity index (χ1v) is 11.6. The fourth-order valence-electron chi connectivity index (χ4n) is 2.83. The summed E-state index contributed by atoms with van der Waals surface area (Å²) in [7, 11) is -1.61. The van der Waals surface area contributed by atoms with Crippen molar-refractivity contribution >= 4 is 32.2 Å². The first-order chi connectivity index (χ1) is 13.8. The molecule has 0 aliphatic carbocycles. The number of nitrogens with one attached hydrogen (secondary N) is 1. The van der Waals surface area contributed by atoms with Crippen molar-refractivity contribution in [3.63, 3.8) is 0 Å². The van der Waals surface area contributed by atoms with Gasteiger partial charge in [-0.1, -0.05) is 19.1 Å². The summed E-state index contributed by atoms with van der Waals surface area (Å²) in [6.07, 6.45) is 0.142. The van der Waals surface area contributed by atoms with E-state index in [-0.39, 0.29) is 23.0 Å². The van der Waals surface area contributed by atoms with Crippen molar-refractivity contribution in [2.24, 2.45) is 0 Å². The summed E-state index contributed by atoms with van der Waals surface area (Å²) in [4.78, 5) is 17.1. The predicted molar refractivity (Wildman–Crippen MR) is 115 cm³/mol. The van der Waals surface area contributed by atoms with Gasteiger partial charge in [-0.25, -0.2) is 13.4 Å². The lowest BCUT2D eigenvalue weighted by molar-refractivity contribution is -0.115. The molecule has 0 fully saturated rings. The van der Waals surface area contributed by atoms with E-state index in [0.29, 0.717) is 5.13 Å². The van der Waals surface area contributed by atoms with Crippen LogP contribution in [0.2, 0.25) is 0 Å². The van der Waals surface area contributed by atoms with Crippen LogP contribution in [0, 0.1) is 6.92 Å². The molecule has 0 aliphatic heterocycles. The Morgan fingerprint density at radius 2 is 1.90 bits per heavy atom. The van der Waals surface area contributed by atoms with E-state index < -0.39 is 9.84 Å². The van der Waals surface area contributed by atoms with Crippen LogP contribution in [0.5, 0.6) is 5.75 Å². The number of methoxy groups -OCH3 is 1. The minimum Gasteiger partial charge on any atom is -0.496 e. The first-order valence-electron chi connectivity index (χ1n) is 9.04. The summed E-state index contributed by atoms with van der Waals surface area (Å²) in [5, 5.41) is 5.21. The maximum Gasteiger partial charge on any atom is 0.230 e. The van der Waals surface area contributed by atoms with Crippen molar-refractivity contribution in [2.45, 2.75) is 25.2 Å². The number of ether oxygens (including phenoxy) is 1. The van der Waals surface area contributed by atoms with E-state index in [4.69, 9.17) is 4.74 Å². The van der Waals surface area contributed by atoms with Crippen LogP contribution in [0.1, 0.15) is 18.1 Å². The van der Waals surface area contributed by atoms with Gasteiger partial charge in [-0.3, -0.25) is 4.79 Å². The van der Waals surface area contributed by atoms with Crippen molar-refractivity contribution in [1.82, 2.24) is 4.98 Å². The molecular formula is C21H22N2O4S2.